The molecule has 0 radical (unpaired) electrons. The van der Waals surface area contributed by atoms with Gasteiger partial charge < -0.3 is 15.1 Å². The standard InChI is InChI=1S/C11H14N2O3/c14-7-8-4-5-13(6-8)10-3-1-2-9(12-10)11(15)16/h1-3,8,14H,4-7H2,(H,15,16). The summed E-state index contributed by atoms with van der Waals surface area (Å²) in [6.45, 7) is 1.74. The second kappa shape index (κ2) is 4.49. The van der Waals surface area contributed by atoms with Crippen LogP contribution in [0.5, 0.6) is 0 Å². The highest BCUT2D eigenvalue weighted by Gasteiger charge is 2.23. The van der Waals surface area contributed by atoms with E-state index in [9.17, 15) is 4.79 Å². The van der Waals surface area contributed by atoms with E-state index >= 15 is 0 Å². The van der Waals surface area contributed by atoms with E-state index in [1.165, 1.54) is 6.07 Å². The van der Waals surface area contributed by atoms with E-state index in [-0.39, 0.29) is 18.2 Å². The largest absolute Gasteiger partial charge is 0.477 e. The summed E-state index contributed by atoms with van der Waals surface area (Å²) in [4.78, 5) is 16.8. The highest BCUT2D eigenvalue weighted by atomic mass is 16.4. The molecule has 1 aliphatic heterocycles. The third-order valence-corrected chi connectivity index (χ3v) is 2.82. The van der Waals surface area contributed by atoms with Gasteiger partial charge in [0.1, 0.15) is 5.82 Å². The zero-order valence-electron chi connectivity index (χ0n) is 8.83. The molecule has 1 atom stereocenters. The number of nitrogens with zero attached hydrogens (tertiary/aromatic N) is 2. The SMILES string of the molecule is O=C(O)c1cccc(N2CCC(CO)C2)n1. The Hall–Kier alpha value is -1.62. The summed E-state index contributed by atoms with van der Waals surface area (Å²) in [5.41, 5.74) is 0.0601. The fraction of sp³-hybridized carbons (Fsp3) is 0.455. The summed E-state index contributed by atoms with van der Waals surface area (Å²) >= 11 is 0. The molecule has 16 heavy (non-hydrogen) atoms. The number of aliphatic hydroxyl groups excluding tert-OH is 1. The van der Waals surface area contributed by atoms with Crippen molar-refractivity contribution in [2.45, 2.75) is 6.42 Å². The molecular formula is C11H14N2O3. The van der Waals surface area contributed by atoms with Gasteiger partial charge in [-0.3, -0.25) is 0 Å². The molecular weight excluding hydrogens is 208 g/mol. The lowest BCUT2D eigenvalue weighted by atomic mass is 10.1. The number of aliphatic hydroxyl groups is 1. The Morgan fingerprint density at radius 3 is 3.00 bits per heavy atom. The van der Waals surface area contributed by atoms with E-state index in [1.54, 1.807) is 12.1 Å². The lowest BCUT2D eigenvalue weighted by Crippen LogP contribution is -2.22. The van der Waals surface area contributed by atoms with Crippen LogP contribution in [0.2, 0.25) is 0 Å². The van der Waals surface area contributed by atoms with Crippen LogP contribution in [0.4, 0.5) is 5.82 Å². The molecule has 0 bridgehead atoms. The smallest absolute Gasteiger partial charge is 0.354 e. The Morgan fingerprint density at radius 2 is 2.38 bits per heavy atom. The fourth-order valence-electron chi connectivity index (χ4n) is 1.91. The summed E-state index contributed by atoms with van der Waals surface area (Å²) in [6.07, 6.45) is 0.926. The molecule has 1 saturated heterocycles. The Morgan fingerprint density at radius 1 is 1.56 bits per heavy atom. The minimum absolute atomic E-state index is 0.0601. The number of pyridine rings is 1. The van der Waals surface area contributed by atoms with E-state index in [1.807, 2.05) is 4.90 Å². The molecule has 0 aromatic carbocycles. The Balaban J connectivity index is 2.15. The van der Waals surface area contributed by atoms with Gasteiger partial charge in [0, 0.05) is 25.6 Å². The number of rotatable bonds is 3. The van der Waals surface area contributed by atoms with Gasteiger partial charge in [-0.25, -0.2) is 9.78 Å². The maximum atomic E-state index is 10.8. The normalized spacial score (nSPS) is 20.1. The average molecular weight is 222 g/mol. The first-order chi connectivity index (χ1) is 7.70. The zero-order valence-corrected chi connectivity index (χ0v) is 8.83. The van der Waals surface area contributed by atoms with Crippen molar-refractivity contribution in [2.75, 3.05) is 24.6 Å². The Labute approximate surface area is 93.3 Å². The average Bonchev–Trinajstić information content (AvgIpc) is 2.77. The number of aromatic carboxylic acids is 1. The van der Waals surface area contributed by atoms with Crippen LogP contribution in [0.3, 0.4) is 0 Å². The fourth-order valence-corrected chi connectivity index (χ4v) is 1.91. The van der Waals surface area contributed by atoms with Gasteiger partial charge in [-0.05, 0) is 18.6 Å². The van der Waals surface area contributed by atoms with Crippen molar-refractivity contribution in [1.29, 1.82) is 0 Å². The molecule has 0 spiro atoms. The molecule has 2 N–H and O–H groups in total. The number of carboxylic acids is 1. The van der Waals surface area contributed by atoms with Gasteiger partial charge in [0.2, 0.25) is 0 Å². The second-order valence-corrected chi connectivity index (χ2v) is 3.97. The monoisotopic (exact) mass is 222 g/mol. The highest BCUT2D eigenvalue weighted by molar-refractivity contribution is 5.85. The van der Waals surface area contributed by atoms with Gasteiger partial charge in [0.15, 0.2) is 5.69 Å². The van der Waals surface area contributed by atoms with E-state index in [2.05, 4.69) is 4.98 Å². The van der Waals surface area contributed by atoms with E-state index < -0.39 is 5.97 Å². The highest BCUT2D eigenvalue weighted by Crippen LogP contribution is 2.21. The maximum Gasteiger partial charge on any atom is 0.354 e. The predicted octanol–water partition coefficient (Wildman–Crippen LogP) is 0.598. The van der Waals surface area contributed by atoms with Crippen molar-refractivity contribution in [3.8, 4) is 0 Å². The molecule has 1 aromatic heterocycles. The predicted molar refractivity (Wildman–Crippen MR) is 58.6 cm³/mol. The van der Waals surface area contributed by atoms with Crippen LogP contribution in [-0.2, 0) is 0 Å². The second-order valence-electron chi connectivity index (χ2n) is 3.97. The third kappa shape index (κ3) is 2.14. The van der Waals surface area contributed by atoms with Crippen molar-refractivity contribution in [3.05, 3.63) is 23.9 Å². The number of aromatic nitrogens is 1. The molecule has 1 unspecified atom stereocenters. The van der Waals surface area contributed by atoms with Crippen LogP contribution in [0.15, 0.2) is 18.2 Å². The lowest BCUT2D eigenvalue weighted by molar-refractivity contribution is 0.0690. The first-order valence-electron chi connectivity index (χ1n) is 5.27. The molecule has 86 valence electrons. The number of carbonyl (C=O) groups is 1. The maximum absolute atomic E-state index is 10.8. The van der Waals surface area contributed by atoms with E-state index in [0.717, 1.165) is 19.5 Å². The summed E-state index contributed by atoms with van der Waals surface area (Å²) in [5.74, 6) is -0.0640. The van der Waals surface area contributed by atoms with Crippen LogP contribution in [0.25, 0.3) is 0 Å². The summed E-state index contributed by atoms with van der Waals surface area (Å²) in [5, 5.41) is 17.9. The minimum atomic E-state index is -1.01. The molecule has 2 heterocycles. The van der Waals surface area contributed by atoms with Crippen molar-refractivity contribution in [3.63, 3.8) is 0 Å². The molecule has 0 aliphatic carbocycles. The zero-order chi connectivity index (χ0) is 11.5. The Kier molecular flexibility index (Phi) is 3.05. The Bertz CT molecular complexity index is 395. The molecule has 1 fully saturated rings. The van der Waals surface area contributed by atoms with Gasteiger partial charge in [-0.1, -0.05) is 6.07 Å². The van der Waals surface area contributed by atoms with Gasteiger partial charge >= 0.3 is 5.97 Å². The molecule has 5 nitrogen and oxygen atoms in total. The minimum Gasteiger partial charge on any atom is -0.477 e. The molecule has 0 saturated carbocycles. The summed E-state index contributed by atoms with van der Waals surface area (Å²) < 4.78 is 0. The van der Waals surface area contributed by atoms with Crippen LogP contribution in [0.1, 0.15) is 16.9 Å². The number of hydrogen-bond acceptors (Lipinski definition) is 4. The molecule has 2 rings (SSSR count). The van der Waals surface area contributed by atoms with Crippen LogP contribution in [0, 0.1) is 5.92 Å². The summed E-state index contributed by atoms with van der Waals surface area (Å²) in [6, 6.07) is 4.97. The molecule has 1 aliphatic rings. The van der Waals surface area contributed by atoms with Gasteiger partial charge in [0.25, 0.3) is 0 Å². The third-order valence-electron chi connectivity index (χ3n) is 2.82. The van der Waals surface area contributed by atoms with Gasteiger partial charge in [-0.2, -0.15) is 0 Å². The molecule has 1 aromatic rings. The van der Waals surface area contributed by atoms with Crippen LogP contribution in [-0.4, -0.2) is 40.9 Å². The van der Waals surface area contributed by atoms with E-state index in [4.69, 9.17) is 10.2 Å². The molecule has 0 amide bonds. The first kappa shape index (κ1) is 10.9. The quantitative estimate of drug-likeness (QED) is 0.783. The van der Waals surface area contributed by atoms with Crippen LogP contribution >= 0.6 is 0 Å². The molecule has 5 heteroatoms. The van der Waals surface area contributed by atoms with Gasteiger partial charge in [0.05, 0.1) is 0 Å². The summed E-state index contributed by atoms with van der Waals surface area (Å²) in [7, 11) is 0. The van der Waals surface area contributed by atoms with Crippen molar-refractivity contribution in [1.82, 2.24) is 4.98 Å². The van der Waals surface area contributed by atoms with Crippen molar-refractivity contribution in [2.24, 2.45) is 5.92 Å². The topological polar surface area (TPSA) is 73.7 Å². The number of anilines is 1. The lowest BCUT2D eigenvalue weighted by Gasteiger charge is -2.17. The number of carboxylic acid groups (broad SMARTS) is 1. The van der Waals surface area contributed by atoms with Crippen molar-refractivity contribution >= 4 is 11.8 Å². The van der Waals surface area contributed by atoms with E-state index in [0.29, 0.717) is 5.82 Å². The first-order valence-corrected chi connectivity index (χ1v) is 5.27. The van der Waals surface area contributed by atoms with Crippen LogP contribution < -0.4 is 4.90 Å². The number of hydrogen-bond donors (Lipinski definition) is 2. The van der Waals surface area contributed by atoms with Crippen molar-refractivity contribution < 1.29 is 15.0 Å². The van der Waals surface area contributed by atoms with Gasteiger partial charge in [-0.15, -0.1) is 0 Å².